The summed E-state index contributed by atoms with van der Waals surface area (Å²) in [4.78, 5) is 28.0. The van der Waals surface area contributed by atoms with E-state index in [1.807, 2.05) is 29.2 Å². The lowest BCUT2D eigenvalue weighted by Crippen LogP contribution is -2.50. The summed E-state index contributed by atoms with van der Waals surface area (Å²) < 4.78 is 5.14. The molecule has 0 unspecified atom stereocenters. The summed E-state index contributed by atoms with van der Waals surface area (Å²) in [6.07, 6.45) is 3.18. The standard InChI is InChI=1S/C19H29N3O3/c1-21-11-13-22(14-12-21)19(24)15-20-18(23)6-4-3-5-16-7-9-17(25-2)10-8-16/h7-10H,3-6,11-15H2,1-2H3,(H,20,23). The van der Waals surface area contributed by atoms with Crippen molar-refractivity contribution in [1.29, 1.82) is 0 Å². The Balaban J connectivity index is 1.56. The Morgan fingerprint density at radius 2 is 1.76 bits per heavy atom. The van der Waals surface area contributed by atoms with Crippen LogP contribution in [0.2, 0.25) is 0 Å². The van der Waals surface area contributed by atoms with Gasteiger partial charge in [0.05, 0.1) is 13.7 Å². The summed E-state index contributed by atoms with van der Waals surface area (Å²) in [5.41, 5.74) is 1.24. The van der Waals surface area contributed by atoms with Crippen LogP contribution in [-0.2, 0) is 16.0 Å². The number of methoxy groups -OCH3 is 1. The van der Waals surface area contributed by atoms with Crippen molar-refractivity contribution >= 4 is 11.8 Å². The summed E-state index contributed by atoms with van der Waals surface area (Å²) in [7, 11) is 3.71. The molecule has 6 heteroatoms. The second-order valence-electron chi connectivity index (χ2n) is 6.52. The highest BCUT2D eigenvalue weighted by Gasteiger charge is 2.19. The molecule has 0 atom stereocenters. The van der Waals surface area contributed by atoms with E-state index in [0.29, 0.717) is 6.42 Å². The van der Waals surface area contributed by atoms with Crippen LogP contribution in [0.1, 0.15) is 24.8 Å². The van der Waals surface area contributed by atoms with E-state index in [1.54, 1.807) is 7.11 Å². The molecule has 1 aliphatic rings. The molecule has 1 aromatic carbocycles. The summed E-state index contributed by atoms with van der Waals surface area (Å²) in [5, 5.41) is 2.74. The van der Waals surface area contributed by atoms with Gasteiger partial charge in [0.15, 0.2) is 0 Å². The maximum absolute atomic E-state index is 12.1. The molecule has 138 valence electrons. The predicted molar refractivity (Wildman–Crippen MR) is 97.6 cm³/mol. The number of aryl methyl sites for hydroxylation is 1. The molecule has 0 aromatic heterocycles. The third-order valence-electron chi connectivity index (χ3n) is 4.57. The number of nitrogens with zero attached hydrogens (tertiary/aromatic N) is 2. The van der Waals surface area contributed by atoms with Gasteiger partial charge in [0.25, 0.3) is 0 Å². The van der Waals surface area contributed by atoms with Gasteiger partial charge in [-0.3, -0.25) is 9.59 Å². The van der Waals surface area contributed by atoms with Crippen LogP contribution in [0.5, 0.6) is 5.75 Å². The average molecular weight is 347 g/mol. The fraction of sp³-hybridized carbons (Fsp3) is 0.579. The fourth-order valence-electron chi connectivity index (χ4n) is 2.84. The van der Waals surface area contributed by atoms with Crippen LogP contribution in [0.4, 0.5) is 0 Å². The molecule has 1 N–H and O–H groups in total. The Morgan fingerprint density at radius 1 is 1.08 bits per heavy atom. The van der Waals surface area contributed by atoms with Gasteiger partial charge in [0, 0.05) is 32.6 Å². The highest BCUT2D eigenvalue weighted by Crippen LogP contribution is 2.13. The van der Waals surface area contributed by atoms with Crippen LogP contribution >= 0.6 is 0 Å². The van der Waals surface area contributed by atoms with Gasteiger partial charge in [-0.2, -0.15) is 0 Å². The van der Waals surface area contributed by atoms with Gasteiger partial charge >= 0.3 is 0 Å². The minimum Gasteiger partial charge on any atom is -0.497 e. The lowest BCUT2D eigenvalue weighted by molar-refractivity contribution is -0.134. The van der Waals surface area contributed by atoms with Gasteiger partial charge in [0.1, 0.15) is 5.75 Å². The summed E-state index contributed by atoms with van der Waals surface area (Å²) in [6.45, 7) is 3.39. The normalized spacial score (nSPS) is 15.0. The first-order valence-electron chi connectivity index (χ1n) is 8.94. The van der Waals surface area contributed by atoms with Crippen LogP contribution in [-0.4, -0.2) is 68.5 Å². The molecule has 0 aliphatic carbocycles. The quantitative estimate of drug-likeness (QED) is 0.720. The van der Waals surface area contributed by atoms with Crippen molar-refractivity contribution in [3.05, 3.63) is 29.8 Å². The van der Waals surface area contributed by atoms with Gasteiger partial charge in [-0.25, -0.2) is 0 Å². The number of rotatable bonds is 8. The molecule has 0 spiro atoms. The zero-order valence-corrected chi connectivity index (χ0v) is 15.3. The van der Waals surface area contributed by atoms with Crippen molar-refractivity contribution in [2.45, 2.75) is 25.7 Å². The first kappa shape index (κ1) is 19.2. The van der Waals surface area contributed by atoms with E-state index >= 15 is 0 Å². The van der Waals surface area contributed by atoms with Crippen molar-refractivity contribution in [3.8, 4) is 5.75 Å². The minimum absolute atomic E-state index is 0.0136. The van der Waals surface area contributed by atoms with Crippen LogP contribution in [0.15, 0.2) is 24.3 Å². The lowest BCUT2D eigenvalue weighted by atomic mass is 10.1. The molecule has 1 saturated heterocycles. The molecule has 6 nitrogen and oxygen atoms in total. The number of benzene rings is 1. The molecule has 1 heterocycles. The number of hydrogen-bond donors (Lipinski definition) is 1. The monoisotopic (exact) mass is 347 g/mol. The largest absolute Gasteiger partial charge is 0.497 e. The van der Waals surface area contributed by atoms with E-state index in [1.165, 1.54) is 5.56 Å². The van der Waals surface area contributed by atoms with Gasteiger partial charge in [-0.15, -0.1) is 0 Å². The van der Waals surface area contributed by atoms with Crippen molar-refractivity contribution < 1.29 is 14.3 Å². The minimum atomic E-state index is -0.0443. The van der Waals surface area contributed by atoms with Crippen molar-refractivity contribution in [3.63, 3.8) is 0 Å². The van der Waals surface area contributed by atoms with Gasteiger partial charge in [0.2, 0.25) is 11.8 Å². The van der Waals surface area contributed by atoms with Crippen molar-refractivity contribution in [1.82, 2.24) is 15.1 Å². The van der Waals surface area contributed by atoms with Crippen LogP contribution in [0.25, 0.3) is 0 Å². The van der Waals surface area contributed by atoms with Gasteiger partial charge in [-0.05, 0) is 44.0 Å². The molecule has 0 bridgehead atoms. The SMILES string of the molecule is COc1ccc(CCCCC(=O)NCC(=O)N2CCN(C)CC2)cc1. The summed E-state index contributed by atoms with van der Waals surface area (Å²) >= 11 is 0. The molecule has 2 amide bonds. The maximum Gasteiger partial charge on any atom is 0.242 e. The number of carbonyl (C=O) groups excluding carboxylic acids is 2. The average Bonchev–Trinajstić information content (AvgIpc) is 2.64. The first-order chi connectivity index (χ1) is 12.1. The fourth-order valence-corrected chi connectivity index (χ4v) is 2.84. The summed E-state index contributed by atoms with van der Waals surface area (Å²) in [5.74, 6) is 0.824. The molecular weight excluding hydrogens is 318 g/mol. The smallest absolute Gasteiger partial charge is 0.242 e. The number of nitrogens with one attached hydrogen (secondary N) is 1. The Morgan fingerprint density at radius 3 is 2.40 bits per heavy atom. The Hall–Kier alpha value is -2.08. The highest BCUT2D eigenvalue weighted by atomic mass is 16.5. The summed E-state index contributed by atoms with van der Waals surface area (Å²) in [6, 6.07) is 8.00. The van der Waals surface area contributed by atoms with E-state index in [9.17, 15) is 9.59 Å². The molecule has 0 saturated carbocycles. The van der Waals surface area contributed by atoms with Crippen LogP contribution in [0.3, 0.4) is 0 Å². The molecule has 2 rings (SSSR count). The first-order valence-corrected chi connectivity index (χ1v) is 8.94. The lowest BCUT2D eigenvalue weighted by Gasteiger charge is -2.32. The number of hydrogen-bond acceptors (Lipinski definition) is 4. The Kier molecular flexibility index (Phi) is 7.73. The number of amides is 2. The maximum atomic E-state index is 12.1. The van der Waals surface area contributed by atoms with Crippen LogP contribution < -0.4 is 10.1 Å². The van der Waals surface area contributed by atoms with E-state index in [2.05, 4.69) is 17.3 Å². The third-order valence-corrected chi connectivity index (χ3v) is 4.57. The van der Waals surface area contributed by atoms with Gasteiger partial charge < -0.3 is 19.9 Å². The van der Waals surface area contributed by atoms with Crippen LogP contribution in [0, 0.1) is 0 Å². The Labute approximate surface area is 150 Å². The molecule has 25 heavy (non-hydrogen) atoms. The predicted octanol–water partition coefficient (Wildman–Crippen LogP) is 1.30. The zero-order chi connectivity index (χ0) is 18.1. The van der Waals surface area contributed by atoms with E-state index in [-0.39, 0.29) is 18.4 Å². The van der Waals surface area contributed by atoms with Crippen molar-refractivity contribution in [2.24, 2.45) is 0 Å². The van der Waals surface area contributed by atoms with E-state index < -0.39 is 0 Å². The molecule has 1 aromatic rings. The number of ether oxygens (including phenoxy) is 1. The second kappa shape index (κ2) is 10.0. The van der Waals surface area contributed by atoms with Crippen molar-refractivity contribution in [2.75, 3.05) is 46.9 Å². The third kappa shape index (κ3) is 6.74. The van der Waals surface area contributed by atoms with Gasteiger partial charge in [-0.1, -0.05) is 12.1 Å². The second-order valence-corrected chi connectivity index (χ2v) is 6.52. The molecular formula is C19H29N3O3. The highest BCUT2D eigenvalue weighted by molar-refractivity contribution is 5.84. The topological polar surface area (TPSA) is 61.9 Å². The molecule has 1 aliphatic heterocycles. The van der Waals surface area contributed by atoms with E-state index in [0.717, 1.165) is 51.2 Å². The van der Waals surface area contributed by atoms with E-state index in [4.69, 9.17) is 4.74 Å². The number of likely N-dealkylation sites (N-methyl/N-ethyl adjacent to an activating group) is 1. The number of unbranched alkanes of at least 4 members (excludes halogenated alkanes) is 1. The molecule has 0 radical (unpaired) electrons. The number of piperazine rings is 1. The number of carbonyl (C=O) groups is 2. The molecule has 1 fully saturated rings. The zero-order valence-electron chi connectivity index (χ0n) is 15.3. The Bertz CT molecular complexity index is 552.